The summed E-state index contributed by atoms with van der Waals surface area (Å²) in [6.07, 6.45) is 0.0906. The molecule has 3 N–H and O–H groups in total. The molecule has 1 aromatic rings. The molecule has 4 nitrogen and oxygen atoms in total. The maximum atomic E-state index is 11.2. The van der Waals surface area contributed by atoms with Crippen LogP contribution in [0.1, 0.15) is 23.7 Å². The van der Waals surface area contributed by atoms with Crippen molar-refractivity contribution in [3.8, 4) is 0 Å². The average Bonchev–Trinajstić information content (AvgIpc) is 2.29. The van der Waals surface area contributed by atoms with Crippen LogP contribution in [0.5, 0.6) is 0 Å². The quantitative estimate of drug-likeness (QED) is 0.651. The van der Waals surface area contributed by atoms with E-state index in [1.165, 1.54) is 0 Å². The van der Waals surface area contributed by atoms with Crippen LogP contribution in [0.15, 0.2) is 24.3 Å². The van der Waals surface area contributed by atoms with Crippen LogP contribution in [0.2, 0.25) is 0 Å². The molecule has 0 aliphatic carbocycles. The summed E-state index contributed by atoms with van der Waals surface area (Å²) in [6, 6.07) is 6.96. The molecule has 0 saturated heterocycles. The van der Waals surface area contributed by atoms with E-state index in [1.807, 2.05) is 6.92 Å². The summed E-state index contributed by atoms with van der Waals surface area (Å²) in [7, 11) is 1.59. The fraction of sp³-hybridized carbons (Fsp3) is 0.364. The number of nitrogens with one attached hydrogen (secondary N) is 2. The number of carbonyl (C=O) groups is 1. The molecule has 1 aromatic carbocycles. The lowest BCUT2D eigenvalue weighted by Crippen LogP contribution is -2.19. The Hall–Kier alpha value is -1.55. The SMILES string of the molecule is CCC(O)Nc1ccc(C(=O)NC)cc1. The van der Waals surface area contributed by atoms with Crippen LogP contribution >= 0.6 is 0 Å². The summed E-state index contributed by atoms with van der Waals surface area (Å²) in [5.74, 6) is -0.113. The fourth-order valence-electron chi connectivity index (χ4n) is 1.16. The summed E-state index contributed by atoms with van der Waals surface area (Å²) in [6.45, 7) is 1.89. The molecule has 15 heavy (non-hydrogen) atoms. The molecule has 1 atom stereocenters. The van der Waals surface area contributed by atoms with Crippen molar-refractivity contribution >= 4 is 11.6 Å². The van der Waals surface area contributed by atoms with Gasteiger partial charge in [-0.15, -0.1) is 0 Å². The number of aliphatic hydroxyl groups is 1. The van der Waals surface area contributed by atoms with Crippen LogP contribution in [-0.2, 0) is 0 Å². The standard InChI is InChI=1S/C11H16N2O2/c1-3-10(14)13-9-6-4-8(5-7-9)11(15)12-2/h4-7,10,13-14H,3H2,1-2H3,(H,12,15). The Morgan fingerprint density at radius 3 is 2.47 bits per heavy atom. The van der Waals surface area contributed by atoms with Crippen molar-refractivity contribution in [2.75, 3.05) is 12.4 Å². The summed E-state index contributed by atoms with van der Waals surface area (Å²) in [5.41, 5.74) is 1.41. The number of benzene rings is 1. The molecule has 1 amide bonds. The van der Waals surface area contributed by atoms with Crippen LogP contribution < -0.4 is 10.6 Å². The van der Waals surface area contributed by atoms with E-state index in [0.717, 1.165) is 5.69 Å². The van der Waals surface area contributed by atoms with Gasteiger partial charge in [-0.25, -0.2) is 0 Å². The van der Waals surface area contributed by atoms with E-state index >= 15 is 0 Å². The second kappa shape index (κ2) is 5.36. The van der Waals surface area contributed by atoms with Crippen molar-refractivity contribution in [1.29, 1.82) is 0 Å². The van der Waals surface area contributed by atoms with Gasteiger partial charge in [0.2, 0.25) is 0 Å². The van der Waals surface area contributed by atoms with Crippen LogP contribution in [0.25, 0.3) is 0 Å². The van der Waals surface area contributed by atoms with Gasteiger partial charge in [0.25, 0.3) is 5.91 Å². The number of anilines is 1. The summed E-state index contributed by atoms with van der Waals surface area (Å²) < 4.78 is 0. The predicted octanol–water partition coefficient (Wildman–Crippen LogP) is 1.19. The monoisotopic (exact) mass is 208 g/mol. The zero-order valence-corrected chi connectivity index (χ0v) is 8.95. The number of aliphatic hydroxyl groups excluding tert-OH is 1. The van der Waals surface area contributed by atoms with Gasteiger partial charge >= 0.3 is 0 Å². The minimum atomic E-state index is -0.546. The van der Waals surface area contributed by atoms with Gasteiger partial charge in [-0.1, -0.05) is 6.92 Å². The van der Waals surface area contributed by atoms with E-state index in [1.54, 1.807) is 31.3 Å². The van der Waals surface area contributed by atoms with Gasteiger partial charge in [0, 0.05) is 18.3 Å². The van der Waals surface area contributed by atoms with E-state index in [-0.39, 0.29) is 5.91 Å². The van der Waals surface area contributed by atoms with Crippen LogP contribution in [0, 0.1) is 0 Å². The Bertz CT molecular complexity index is 322. The number of hydrogen-bond donors (Lipinski definition) is 3. The smallest absolute Gasteiger partial charge is 0.251 e. The molecule has 0 aromatic heterocycles. The second-order valence-electron chi connectivity index (χ2n) is 3.22. The molecular formula is C11H16N2O2. The minimum absolute atomic E-state index is 0.113. The lowest BCUT2D eigenvalue weighted by Gasteiger charge is -2.11. The molecule has 82 valence electrons. The van der Waals surface area contributed by atoms with E-state index in [4.69, 9.17) is 0 Å². The first-order valence-electron chi connectivity index (χ1n) is 4.94. The third kappa shape index (κ3) is 3.25. The van der Waals surface area contributed by atoms with Crippen molar-refractivity contribution in [2.24, 2.45) is 0 Å². The highest BCUT2D eigenvalue weighted by molar-refractivity contribution is 5.94. The Balaban J connectivity index is 2.68. The van der Waals surface area contributed by atoms with Crippen LogP contribution in [-0.4, -0.2) is 24.3 Å². The fourth-order valence-corrected chi connectivity index (χ4v) is 1.16. The second-order valence-corrected chi connectivity index (χ2v) is 3.22. The van der Waals surface area contributed by atoms with Gasteiger partial charge in [0.05, 0.1) is 0 Å². The highest BCUT2D eigenvalue weighted by atomic mass is 16.3. The van der Waals surface area contributed by atoms with E-state index in [0.29, 0.717) is 12.0 Å². The van der Waals surface area contributed by atoms with Crippen molar-refractivity contribution in [3.05, 3.63) is 29.8 Å². The van der Waals surface area contributed by atoms with Crippen molar-refractivity contribution in [1.82, 2.24) is 5.32 Å². The Morgan fingerprint density at radius 2 is 2.00 bits per heavy atom. The molecule has 0 heterocycles. The number of hydrogen-bond acceptors (Lipinski definition) is 3. The summed E-state index contributed by atoms with van der Waals surface area (Å²) in [4.78, 5) is 11.2. The largest absolute Gasteiger partial charge is 0.374 e. The Labute approximate surface area is 89.3 Å². The van der Waals surface area contributed by atoms with Gasteiger partial charge in [-0.05, 0) is 30.7 Å². The van der Waals surface area contributed by atoms with E-state index in [2.05, 4.69) is 10.6 Å². The molecule has 0 saturated carbocycles. The molecule has 0 spiro atoms. The van der Waals surface area contributed by atoms with E-state index < -0.39 is 6.23 Å². The summed E-state index contributed by atoms with van der Waals surface area (Å²) >= 11 is 0. The molecule has 1 rings (SSSR count). The molecule has 4 heteroatoms. The van der Waals surface area contributed by atoms with Crippen LogP contribution in [0.4, 0.5) is 5.69 Å². The molecule has 0 fully saturated rings. The molecule has 0 bridgehead atoms. The lowest BCUT2D eigenvalue weighted by molar-refractivity contribution is 0.0963. The number of amides is 1. The highest BCUT2D eigenvalue weighted by Gasteiger charge is 2.03. The first-order valence-corrected chi connectivity index (χ1v) is 4.94. The highest BCUT2D eigenvalue weighted by Crippen LogP contribution is 2.10. The lowest BCUT2D eigenvalue weighted by atomic mass is 10.2. The third-order valence-corrected chi connectivity index (χ3v) is 2.09. The zero-order chi connectivity index (χ0) is 11.3. The minimum Gasteiger partial charge on any atom is -0.374 e. The topological polar surface area (TPSA) is 61.4 Å². The molecule has 0 radical (unpaired) electrons. The molecule has 0 aliphatic heterocycles. The maximum absolute atomic E-state index is 11.2. The van der Waals surface area contributed by atoms with E-state index in [9.17, 15) is 9.90 Å². The van der Waals surface area contributed by atoms with Gasteiger partial charge in [0.1, 0.15) is 6.23 Å². The number of rotatable bonds is 4. The Kier molecular flexibility index (Phi) is 4.12. The van der Waals surface area contributed by atoms with Gasteiger partial charge in [0.15, 0.2) is 0 Å². The average molecular weight is 208 g/mol. The molecule has 0 aliphatic rings. The normalized spacial score (nSPS) is 11.9. The first kappa shape index (κ1) is 11.5. The first-order chi connectivity index (χ1) is 7.17. The number of carbonyl (C=O) groups excluding carboxylic acids is 1. The Morgan fingerprint density at radius 1 is 1.40 bits per heavy atom. The van der Waals surface area contributed by atoms with Gasteiger partial charge < -0.3 is 15.7 Å². The van der Waals surface area contributed by atoms with Crippen LogP contribution in [0.3, 0.4) is 0 Å². The van der Waals surface area contributed by atoms with Crippen molar-refractivity contribution < 1.29 is 9.90 Å². The zero-order valence-electron chi connectivity index (χ0n) is 8.95. The third-order valence-electron chi connectivity index (χ3n) is 2.09. The van der Waals surface area contributed by atoms with Gasteiger partial charge in [-0.3, -0.25) is 4.79 Å². The predicted molar refractivity (Wildman–Crippen MR) is 59.8 cm³/mol. The summed E-state index contributed by atoms with van der Waals surface area (Å²) in [5, 5.41) is 14.8. The van der Waals surface area contributed by atoms with Crippen molar-refractivity contribution in [2.45, 2.75) is 19.6 Å². The van der Waals surface area contributed by atoms with Crippen molar-refractivity contribution in [3.63, 3.8) is 0 Å². The maximum Gasteiger partial charge on any atom is 0.251 e. The molecular weight excluding hydrogens is 192 g/mol. The molecule has 1 unspecified atom stereocenters. The van der Waals surface area contributed by atoms with Gasteiger partial charge in [-0.2, -0.15) is 0 Å².